The molecule has 2 atom stereocenters. The maximum atomic E-state index is 10.1. The van der Waals surface area contributed by atoms with Crippen molar-refractivity contribution in [2.45, 2.75) is 38.7 Å². The van der Waals surface area contributed by atoms with Crippen molar-refractivity contribution in [3.63, 3.8) is 0 Å². The first-order valence-electron chi connectivity index (χ1n) is 6.16. The summed E-state index contributed by atoms with van der Waals surface area (Å²) in [6.07, 6.45) is 1.36. The molecule has 3 nitrogen and oxygen atoms in total. The zero-order valence-corrected chi connectivity index (χ0v) is 10.9. The molecule has 0 saturated heterocycles. The zero-order valence-electron chi connectivity index (χ0n) is 10.9. The van der Waals surface area contributed by atoms with Gasteiger partial charge in [-0.05, 0) is 30.5 Å². The number of hydrogen-bond donors (Lipinski definition) is 2. The van der Waals surface area contributed by atoms with Gasteiger partial charge in [0.25, 0.3) is 0 Å². The Labute approximate surface area is 104 Å². The molecule has 0 spiro atoms. The number of benzene rings is 1. The maximum absolute atomic E-state index is 10.1. The van der Waals surface area contributed by atoms with Gasteiger partial charge in [-0.3, -0.25) is 0 Å². The average molecular weight is 237 g/mol. The van der Waals surface area contributed by atoms with Gasteiger partial charge in [0, 0.05) is 12.5 Å². The van der Waals surface area contributed by atoms with Gasteiger partial charge in [0.05, 0.1) is 13.2 Å². The van der Waals surface area contributed by atoms with E-state index in [4.69, 9.17) is 10.5 Å². The molecule has 0 aliphatic heterocycles. The molecule has 1 aromatic carbocycles. The molecule has 0 aromatic heterocycles. The topological polar surface area (TPSA) is 55.5 Å². The third-order valence-corrected chi connectivity index (χ3v) is 3.16. The summed E-state index contributed by atoms with van der Waals surface area (Å²) in [6.45, 7) is 4.52. The molecule has 0 aliphatic rings. The van der Waals surface area contributed by atoms with Crippen LogP contribution in [0.15, 0.2) is 18.2 Å². The number of methoxy groups -OCH3 is 1. The number of aryl methyl sites for hydroxylation is 1. The average Bonchev–Trinajstić information content (AvgIpc) is 2.32. The van der Waals surface area contributed by atoms with Crippen LogP contribution in [0.4, 0.5) is 0 Å². The van der Waals surface area contributed by atoms with Gasteiger partial charge in [-0.15, -0.1) is 0 Å². The maximum Gasteiger partial charge on any atom is 0.122 e. The van der Waals surface area contributed by atoms with Crippen molar-refractivity contribution in [1.29, 1.82) is 0 Å². The Kier molecular flexibility index (Phi) is 5.45. The lowest BCUT2D eigenvalue weighted by molar-refractivity contribution is 0.135. The van der Waals surface area contributed by atoms with E-state index in [2.05, 4.69) is 6.92 Å². The highest BCUT2D eigenvalue weighted by Crippen LogP contribution is 2.27. The summed E-state index contributed by atoms with van der Waals surface area (Å²) >= 11 is 0. The molecule has 0 radical (unpaired) electrons. The van der Waals surface area contributed by atoms with Gasteiger partial charge in [-0.1, -0.05) is 25.5 Å². The molecule has 0 heterocycles. The largest absolute Gasteiger partial charge is 0.496 e. The van der Waals surface area contributed by atoms with Crippen molar-refractivity contribution in [3.05, 3.63) is 29.3 Å². The van der Waals surface area contributed by atoms with Gasteiger partial charge in [-0.2, -0.15) is 0 Å². The van der Waals surface area contributed by atoms with E-state index < -0.39 is 0 Å². The fourth-order valence-corrected chi connectivity index (χ4v) is 2.08. The fourth-order valence-electron chi connectivity index (χ4n) is 2.08. The number of rotatable bonds is 6. The highest BCUT2D eigenvalue weighted by Gasteiger charge is 2.19. The molecular formula is C14H23NO2. The molecule has 0 aliphatic carbocycles. The van der Waals surface area contributed by atoms with Gasteiger partial charge < -0.3 is 15.6 Å². The van der Waals surface area contributed by atoms with Crippen LogP contribution < -0.4 is 10.5 Å². The van der Waals surface area contributed by atoms with E-state index in [0.29, 0.717) is 6.54 Å². The van der Waals surface area contributed by atoms with Gasteiger partial charge in [-0.25, -0.2) is 0 Å². The zero-order chi connectivity index (χ0) is 12.8. The Morgan fingerprint density at radius 3 is 2.65 bits per heavy atom. The first kappa shape index (κ1) is 14.0. The third-order valence-electron chi connectivity index (χ3n) is 3.16. The molecule has 0 fully saturated rings. The van der Waals surface area contributed by atoms with E-state index in [9.17, 15) is 5.11 Å². The lowest BCUT2D eigenvalue weighted by Gasteiger charge is -2.22. The van der Waals surface area contributed by atoms with E-state index in [1.807, 2.05) is 25.1 Å². The second kappa shape index (κ2) is 6.62. The summed E-state index contributed by atoms with van der Waals surface area (Å²) < 4.78 is 5.30. The third kappa shape index (κ3) is 3.45. The normalized spacial score (nSPS) is 14.4. The summed E-state index contributed by atoms with van der Waals surface area (Å²) in [5.41, 5.74) is 7.91. The van der Waals surface area contributed by atoms with Crippen molar-refractivity contribution in [3.8, 4) is 5.75 Å². The molecule has 3 N–H and O–H groups in total. The molecular weight excluding hydrogens is 214 g/mol. The Balaban J connectivity index is 2.95. The minimum absolute atomic E-state index is 0.00977. The molecule has 17 heavy (non-hydrogen) atoms. The highest BCUT2D eigenvalue weighted by molar-refractivity contribution is 5.38. The molecule has 0 bridgehead atoms. The number of aliphatic hydroxyl groups is 1. The van der Waals surface area contributed by atoms with Crippen molar-refractivity contribution in [2.75, 3.05) is 13.7 Å². The van der Waals surface area contributed by atoms with Crippen molar-refractivity contribution in [2.24, 2.45) is 5.73 Å². The molecule has 3 heteroatoms. The SMILES string of the molecule is CCCC(O)C(CN)c1ccc(C)c(OC)c1. The van der Waals surface area contributed by atoms with E-state index in [0.717, 1.165) is 29.7 Å². The Morgan fingerprint density at radius 1 is 1.41 bits per heavy atom. The van der Waals surface area contributed by atoms with Gasteiger partial charge in [0.15, 0.2) is 0 Å². The minimum atomic E-state index is -0.377. The van der Waals surface area contributed by atoms with Crippen LogP contribution in [0.3, 0.4) is 0 Å². The van der Waals surface area contributed by atoms with Crippen LogP contribution in [0.5, 0.6) is 5.75 Å². The molecule has 2 unspecified atom stereocenters. The summed E-state index contributed by atoms with van der Waals surface area (Å²) in [4.78, 5) is 0. The van der Waals surface area contributed by atoms with Crippen LogP contribution in [0.2, 0.25) is 0 Å². The second-order valence-electron chi connectivity index (χ2n) is 4.43. The summed E-state index contributed by atoms with van der Waals surface area (Å²) in [5, 5.41) is 10.1. The monoisotopic (exact) mass is 237 g/mol. The lowest BCUT2D eigenvalue weighted by atomic mass is 9.90. The number of ether oxygens (including phenoxy) is 1. The molecule has 1 rings (SSSR count). The van der Waals surface area contributed by atoms with Crippen LogP contribution in [-0.4, -0.2) is 24.9 Å². The minimum Gasteiger partial charge on any atom is -0.496 e. The van der Waals surface area contributed by atoms with Gasteiger partial charge in [0.2, 0.25) is 0 Å². The number of nitrogens with two attached hydrogens (primary N) is 1. The van der Waals surface area contributed by atoms with Crippen LogP contribution in [-0.2, 0) is 0 Å². The summed E-state index contributed by atoms with van der Waals surface area (Å²) in [7, 11) is 1.66. The van der Waals surface area contributed by atoms with Crippen LogP contribution in [0.1, 0.15) is 36.8 Å². The van der Waals surface area contributed by atoms with Gasteiger partial charge in [0.1, 0.15) is 5.75 Å². The molecule has 1 aromatic rings. The van der Waals surface area contributed by atoms with Crippen LogP contribution >= 0.6 is 0 Å². The Morgan fingerprint density at radius 2 is 2.12 bits per heavy atom. The standard InChI is InChI=1S/C14H23NO2/c1-4-5-13(16)12(9-15)11-7-6-10(2)14(8-11)17-3/h6-8,12-13,16H,4-5,9,15H2,1-3H3. The quantitative estimate of drug-likeness (QED) is 0.797. The molecule has 96 valence electrons. The fraction of sp³-hybridized carbons (Fsp3) is 0.571. The van der Waals surface area contributed by atoms with E-state index in [-0.39, 0.29) is 12.0 Å². The van der Waals surface area contributed by atoms with E-state index in [1.165, 1.54) is 0 Å². The molecule has 0 amide bonds. The van der Waals surface area contributed by atoms with Crippen LogP contribution in [0, 0.1) is 6.92 Å². The Bertz CT molecular complexity index is 352. The predicted octanol–water partition coefficient (Wildman–Crippen LogP) is 2.21. The lowest BCUT2D eigenvalue weighted by Crippen LogP contribution is -2.25. The molecule has 0 saturated carbocycles. The van der Waals surface area contributed by atoms with Crippen molar-refractivity contribution < 1.29 is 9.84 Å². The Hall–Kier alpha value is -1.06. The highest BCUT2D eigenvalue weighted by atomic mass is 16.5. The van der Waals surface area contributed by atoms with Crippen LogP contribution in [0.25, 0.3) is 0 Å². The van der Waals surface area contributed by atoms with E-state index >= 15 is 0 Å². The first-order valence-corrected chi connectivity index (χ1v) is 6.16. The van der Waals surface area contributed by atoms with Crippen molar-refractivity contribution >= 4 is 0 Å². The number of hydrogen-bond acceptors (Lipinski definition) is 3. The smallest absolute Gasteiger partial charge is 0.122 e. The van der Waals surface area contributed by atoms with Crippen molar-refractivity contribution in [1.82, 2.24) is 0 Å². The van der Waals surface area contributed by atoms with E-state index in [1.54, 1.807) is 7.11 Å². The second-order valence-corrected chi connectivity index (χ2v) is 4.43. The predicted molar refractivity (Wildman–Crippen MR) is 70.4 cm³/mol. The number of aliphatic hydroxyl groups excluding tert-OH is 1. The summed E-state index contributed by atoms with van der Waals surface area (Å²) in [5.74, 6) is 0.842. The first-order chi connectivity index (χ1) is 8.13. The summed E-state index contributed by atoms with van der Waals surface area (Å²) in [6, 6.07) is 6.01. The van der Waals surface area contributed by atoms with Gasteiger partial charge >= 0.3 is 0 Å².